The summed E-state index contributed by atoms with van der Waals surface area (Å²) < 4.78 is 0. The summed E-state index contributed by atoms with van der Waals surface area (Å²) in [6, 6.07) is 9.53. The highest BCUT2D eigenvalue weighted by Gasteiger charge is 2.49. The Morgan fingerprint density at radius 3 is 2.57 bits per heavy atom. The second-order valence-corrected chi connectivity index (χ2v) is 6.74. The van der Waals surface area contributed by atoms with E-state index in [0.29, 0.717) is 15.5 Å². The molecule has 0 spiro atoms. The highest BCUT2D eigenvalue weighted by Crippen LogP contribution is 2.29. The van der Waals surface area contributed by atoms with E-state index in [0.717, 1.165) is 4.90 Å². The van der Waals surface area contributed by atoms with Crippen molar-refractivity contribution in [2.75, 3.05) is 6.54 Å². The molecule has 1 fully saturated rings. The van der Waals surface area contributed by atoms with Crippen molar-refractivity contribution in [3.05, 3.63) is 57.2 Å². The molecule has 3 amide bonds. The minimum atomic E-state index is -1.20. The van der Waals surface area contributed by atoms with Gasteiger partial charge in [-0.3, -0.25) is 14.5 Å². The number of hydrogen-bond donors (Lipinski definition) is 1. The summed E-state index contributed by atoms with van der Waals surface area (Å²) in [5.74, 6) is -0.710. The number of nitrogens with zero attached hydrogens (tertiary/aromatic N) is 1. The number of urea groups is 1. The van der Waals surface area contributed by atoms with E-state index in [1.807, 2.05) is 0 Å². The average molecular weight is 349 g/mol. The Labute approximate surface area is 141 Å². The van der Waals surface area contributed by atoms with Crippen LogP contribution in [0.3, 0.4) is 0 Å². The van der Waals surface area contributed by atoms with Crippen LogP contribution in [0, 0.1) is 0 Å². The molecule has 0 bridgehead atoms. The van der Waals surface area contributed by atoms with Crippen molar-refractivity contribution >= 4 is 40.7 Å². The summed E-state index contributed by atoms with van der Waals surface area (Å²) >= 11 is 7.14. The average Bonchev–Trinajstić information content (AvgIpc) is 3.12. The Kier molecular flexibility index (Phi) is 3.95. The van der Waals surface area contributed by atoms with Gasteiger partial charge >= 0.3 is 6.03 Å². The van der Waals surface area contributed by atoms with Gasteiger partial charge in [0, 0.05) is 5.02 Å². The second-order valence-electron chi connectivity index (χ2n) is 5.35. The molecular formula is C16H13ClN2O3S. The number of Topliss-reactive ketones (excluding diaryl/α,β-unsaturated/α-hetero) is 1. The number of hydrogen-bond acceptors (Lipinski definition) is 4. The number of ketones is 1. The van der Waals surface area contributed by atoms with Gasteiger partial charge in [-0.25, -0.2) is 4.79 Å². The number of imide groups is 1. The molecule has 1 aromatic heterocycles. The number of carbonyl (C=O) groups is 3. The van der Waals surface area contributed by atoms with Crippen molar-refractivity contribution in [2.45, 2.75) is 12.5 Å². The molecule has 0 saturated carbocycles. The lowest BCUT2D eigenvalue weighted by Crippen LogP contribution is -2.41. The van der Waals surface area contributed by atoms with Gasteiger partial charge in [-0.15, -0.1) is 11.3 Å². The van der Waals surface area contributed by atoms with Crippen molar-refractivity contribution in [3.8, 4) is 0 Å². The number of benzene rings is 1. The third-order valence-electron chi connectivity index (χ3n) is 3.79. The molecule has 118 valence electrons. The fourth-order valence-corrected chi connectivity index (χ4v) is 3.26. The van der Waals surface area contributed by atoms with Gasteiger partial charge in [0.15, 0.2) is 5.78 Å². The fourth-order valence-electron chi connectivity index (χ4n) is 2.48. The summed E-state index contributed by atoms with van der Waals surface area (Å²) in [6.07, 6.45) is 0. The van der Waals surface area contributed by atoms with E-state index in [-0.39, 0.29) is 12.3 Å². The zero-order valence-corrected chi connectivity index (χ0v) is 13.8. The predicted molar refractivity (Wildman–Crippen MR) is 87.7 cm³/mol. The summed E-state index contributed by atoms with van der Waals surface area (Å²) in [7, 11) is 0. The quantitative estimate of drug-likeness (QED) is 0.682. The van der Waals surface area contributed by atoms with E-state index in [2.05, 4.69) is 5.32 Å². The van der Waals surface area contributed by atoms with Crippen molar-refractivity contribution in [3.63, 3.8) is 0 Å². The Morgan fingerprint density at radius 1 is 1.26 bits per heavy atom. The van der Waals surface area contributed by atoms with Gasteiger partial charge in [-0.05, 0) is 36.1 Å². The molecule has 1 saturated heterocycles. The van der Waals surface area contributed by atoms with Crippen LogP contribution in [0.4, 0.5) is 4.79 Å². The molecule has 2 heterocycles. The predicted octanol–water partition coefficient (Wildman–Crippen LogP) is 3.05. The smallest absolute Gasteiger partial charge is 0.319 e. The largest absolute Gasteiger partial charge is 0.325 e. The summed E-state index contributed by atoms with van der Waals surface area (Å²) in [5, 5.41) is 4.98. The zero-order valence-electron chi connectivity index (χ0n) is 12.2. The summed E-state index contributed by atoms with van der Waals surface area (Å²) in [5.41, 5.74) is -0.580. The fraction of sp³-hybridized carbons (Fsp3) is 0.188. The van der Waals surface area contributed by atoms with Crippen LogP contribution in [0.2, 0.25) is 5.02 Å². The molecule has 3 rings (SSSR count). The van der Waals surface area contributed by atoms with Crippen LogP contribution >= 0.6 is 22.9 Å². The maximum atomic E-state index is 12.7. The first-order chi connectivity index (χ1) is 10.9. The third kappa shape index (κ3) is 2.75. The van der Waals surface area contributed by atoms with E-state index < -0.39 is 17.5 Å². The molecule has 2 aromatic rings. The van der Waals surface area contributed by atoms with Gasteiger partial charge in [0.25, 0.3) is 5.91 Å². The van der Waals surface area contributed by atoms with Gasteiger partial charge < -0.3 is 5.32 Å². The zero-order chi connectivity index (χ0) is 16.6. The summed E-state index contributed by atoms with van der Waals surface area (Å²) in [6.45, 7) is 1.35. The van der Waals surface area contributed by atoms with Crippen molar-refractivity contribution in [1.82, 2.24) is 10.2 Å². The van der Waals surface area contributed by atoms with Gasteiger partial charge in [-0.1, -0.05) is 29.8 Å². The molecule has 0 unspecified atom stereocenters. The molecular weight excluding hydrogens is 336 g/mol. The maximum Gasteiger partial charge on any atom is 0.325 e. The Balaban J connectivity index is 1.85. The van der Waals surface area contributed by atoms with Crippen LogP contribution in [0.15, 0.2) is 41.8 Å². The van der Waals surface area contributed by atoms with Crippen LogP contribution in [-0.4, -0.2) is 29.2 Å². The van der Waals surface area contributed by atoms with E-state index >= 15 is 0 Å². The van der Waals surface area contributed by atoms with E-state index in [9.17, 15) is 14.4 Å². The maximum absolute atomic E-state index is 12.7. The molecule has 1 aliphatic rings. The van der Waals surface area contributed by atoms with Crippen LogP contribution in [0.1, 0.15) is 22.2 Å². The minimum absolute atomic E-state index is 0.260. The van der Waals surface area contributed by atoms with E-state index in [4.69, 9.17) is 11.6 Å². The molecule has 5 nitrogen and oxygen atoms in total. The number of halogens is 1. The number of carbonyl (C=O) groups excluding carboxylic acids is 3. The SMILES string of the molecule is C[C@@]1(c2ccc(Cl)cc2)NC(=O)N(CC(=O)c2cccs2)C1=O. The molecule has 7 heteroatoms. The number of rotatable bonds is 4. The van der Waals surface area contributed by atoms with Crippen LogP contribution in [-0.2, 0) is 10.3 Å². The monoisotopic (exact) mass is 348 g/mol. The highest BCUT2D eigenvalue weighted by atomic mass is 35.5. The molecule has 0 aliphatic carbocycles. The minimum Gasteiger partial charge on any atom is -0.319 e. The first-order valence-electron chi connectivity index (χ1n) is 6.88. The molecule has 1 N–H and O–H groups in total. The second kappa shape index (κ2) is 5.79. The molecule has 1 aliphatic heterocycles. The highest BCUT2D eigenvalue weighted by molar-refractivity contribution is 7.12. The van der Waals surface area contributed by atoms with E-state index in [1.54, 1.807) is 48.7 Å². The van der Waals surface area contributed by atoms with Gasteiger partial charge in [0.2, 0.25) is 0 Å². The molecule has 0 radical (unpaired) electrons. The standard InChI is InChI=1S/C16H13ClN2O3S/c1-16(10-4-6-11(17)7-5-10)14(21)19(15(22)18-16)9-12(20)13-3-2-8-23-13/h2-8H,9H2,1H3,(H,18,22)/t16-/m0/s1. The Bertz CT molecular complexity index is 773. The van der Waals surface area contributed by atoms with E-state index in [1.165, 1.54) is 11.3 Å². The molecule has 1 atom stereocenters. The third-order valence-corrected chi connectivity index (χ3v) is 4.96. The number of amides is 3. The Morgan fingerprint density at radius 2 is 1.96 bits per heavy atom. The molecule has 1 aromatic carbocycles. The van der Waals surface area contributed by atoms with Gasteiger partial charge in [-0.2, -0.15) is 0 Å². The van der Waals surface area contributed by atoms with Crippen LogP contribution < -0.4 is 5.32 Å². The molecule has 23 heavy (non-hydrogen) atoms. The summed E-state index contributed by atoms with van der Waals surface area (Å²) in [4.78, 5) is 38.5. The van der Waals surface area contributed by atoms with Crippen molar-refractivity contribution in [2.24, 2.45) is 0 Å². The van der Waals surface area contributed by atoms with Crippen molar-refractivity contribution < 1.29 is 14.4 Å². The first kappa shape index (κ1) is 15.7. The Hall–Kier alpha value is -2.18. The van der Waals surface area contributed by atoms with Crippen LogP contribution in [0.25, 0.3) is 0 Å². The number of nitrogens with one attached hydrogen (secondary N) is 1. The lowest BCUT2D eigenvalue weighted by molar-refractivity contribution is -0.130. The number of thiophene rings is 1. The lowest BCUT2D eigenvalue weighted by atomic mass is 9.92. The normalized spacial score (nSPS) is 20.7. The van der Waals surface area contributed by atoms with Crippen molar-refractivity contribution in [1.29, 1.82) is 0 Å². The van der Waals surface area contributed by atoms with Gasteiger partial charge in [0.05, 0.1) is 11.4 Å². The van der Waals surface area contributed by atoms with Crippen LogP contribution in [0.5, 0.6) is 0 Å². The lowest BCUT2D eigenvalue weighted by Gasteiger charge is -2.22. The van der Waals surface area contributed by atoms with Gasteiger partial charge in [0.1, 0.15) is 5.54 Å². The first-order valence-corrected chi connectivity index (χ1v) is 8.14. The topological polar surface area (TPSA) is 66.5 Å².